The summed E-state index contributed by atoms with van der Waals surface area (Å²) in [5.41, 5.74) is 1.13. The number of carbonyl (C=O) groups is 4. The summed E-state index contributed by atoms with van der Waals surface area (Å²) in [4.78, 5) is 55.4. The van der Waals surface area contributed by atoms with Gasteiger partial charge in [0, 0.05) is 44.8 Å². The number of hydrogen-bond acceptors (Lipinski definition) is 8. The number of hydrogen-bond donors (Lipinski definition) is 2. The molecule has 2 fully saturated rings. The fourth-order valence-electron chi connectivity index (χ4n) is 4.53. The molecule has 1 aromatic carbocycles. The molecule has 1 aromatic rings. The molecule has 33 heavy (non-hydrogen) atoms. The van der Waals surface area contributed by atoms with Crippen LogP contribution in [0.25, 0.3) is 0 Å². The lowest BCUT2D eigenvalue weighted by Gasteiger charge is -2.33. The van der Waals surface area contributed by atoms with Gasteiger partial charge in [-0.1, -0.05) is 6.07 Å². The van der Waals surface area contributed by atoms with E-state index in [1.807, 2.05) is 0 Å². The van der Waals surface area contributed by atoms with Crippen molar-refractivity contribution in [2.24, 2.45) is 0 Å². The lowest BCUT2D eigenvalue weighted by Crippen LogP contribution is -2.54. The summed E-state index contributed by atoms with van der Waals surface area (Å²) in [5, 5.41) is 5.51. The first-order valence-electron chi connectivity index (χ1n) is 11.4. The van der Waals surface area contributed by atoms with Gasteiger partial charge < -0.3 is 15.0 Å². The minimum absolute atomic E-state index is 0.0991. The van der Waals surface area contributed by atoms with E-state index < -0.39 is 23.8 Å². The van der Waals surface area contributed by atoms with Gasteiger partial charge in [-0.15, -0.1) is 0 Å². The Balaban J connectivity index is 1.38. The second-order valence-electron chi connectivity index (χ2n) is 8.99. The van der Waals surface area contributed by atoms with E-state index in [-0.39, 0.29) is 36.0 Å². The Morgan fingerprint density at radius 2 is 2.00 bits per heavy atom. The molecule has 2 atom stereocenters. The Hall–Kier alpha value is -2.82. The molecule has 10 heteroatoms. The molecule has 2 saturated heterocycles. The second kappa shape index (κ2) is 9.98. The monoisotopic (exact) mass is 457 g/mol. The highest BCUT2D eigenvalue weighted by Gasteiger charge is 2.45. The van der Waals surface area contributed by atoms with Crippen molar-refractivity contribution >= 4 is 29.3 Å². The third kappa shape index (κ3) is 5.07. The number of benzene rings is 1. The molecule has 0 spiro atoms. The van der Waals surface area contributed by atoms with Crippen molar-refractivity contribution in [3.63, 3.8) is 0 Å². The number of fused-ring (bicyclic) bond motifs is 1. The van der Waals surface area contributed by atoms with Crippen molar-refractivity contribution in [3.8, 4) is 0 Å². The average molecular weight is 458 g/mol. The second-order valence-corrected chi connectivity index (χ2v) is 8.99. The van der Waals surface area contributed by atoms with Crippen LogP contribution in [0, 0.1) is 0 Å². The topological polar surface area (TPSA) is 111 Å². The zero-order valence-corrected chi connectivity index (χ0v) is 19.1. The van der Waals surface area contributed by atoms with E-state index in [1.54, 1.807) is 18.2 Å². The normalized spacial score (nSPS) is 23.8. The first-order valence-corrected chi connectivity index (χ1v) is 11.4. The van der Waals surface area contributed by atoms with Gasteiger partial charge in [-0.25, -0.2) is 0 Å². The van der Waals surface area contributed by atoms with Gasteiger partial charge in [-0.05, 0) is 39.1 Å². The molecular weight excluding hydrogens is 426 g/mol. The van der Waals surface area contributed by atoms with E-state index in [2.05, 4.69) is 34.5 Å². The molecule has 0 saturated carbocycles. The maximum Gasteiger partial charge on any atom is 0.264 e. The van der Waals surface area contributed by atoms with Gasteiger partial charge in [0.15, 0.2) is 0 Å². The molecule has 3 aliphatic rings. The van der Waals surface area contributed by atoms with E-state index in [9.17, 15) is 19.2 Å². The molecule has 2 N–H and O–H groups in total. The maximum atomic E-state index is 13.2. The predicted octanol–water partition coefficient (Wildman–Crippen LogP) is 0.152. The van der Waals surface area contributed by atoms with Crippen LogP contribution in [0.4, 0.5) is 5.69 Å². The molecular formula is C23H31N5O5. The third-order valence-electron chi connectivity index (χ3n) is 6.34. The average Bonchev–Trinajstić information content (AvgIpc) is 3.04. The Kier molecular flexibility index (Phi) is 7.06. The van der Waals surface area contributed by atoms with Crippen molar-refractivity contribution in [2.75, 3.05) is 58.7 Å². The summed E-state index contributed by atoms with van der Waals surface area (Å²) >= 11 is 0. The van der Waals surface area contributed by atoms with E-state index >= 15 is 0 Å². The first kappa shape index (κ1) is 23.3. The van der Waals surface area contributed by atoms with Gasteiger partial charge in [0.25, 0.3) is 11.8 Å². The van der Waals surface area contributed by atoms with Crippen molar-refractivity contribution in [1.29, 1.82) is 0 Å². The standard InChI is InChI=1S/C23H31N5O5/c1-26(2)10-11-27-12-13-33-15(14-27)8-9-24-17-5-3-4-16-20(17)23(32)28(22(16)31)18-6-7-19(29)25-21(18)30/h3-5,15,18,24H,6-14H2,1-2H3,(H,25,29,30)/t15-,18?/m1/s1. The Morgan fingerprint density at radius 1 is 1.18 bits per heavy atom. The van der Waals surface area contributed by atoms with Crippen LogP contribution in [-0.4, -0.2) is 104 Å². The van der Waals surface area contributed by atoms with Crippen LogP contribution in [0.1, 0.15) is 40.0 Å². The number of amides is 4. The molecule has 1 unspecified atom stereocenters. The Labute approximate surface area is 193 Å². The molecule has 0 radical (unpaired) electrons. The largest absolute Gasteiger partial charge is 0.384 e. The predicted molar refractivity (Wildman–Crippen MR) is 121 cm³/mol. The number of ether oxygens (including phenoxy) is 1. The molecule has 0 bridgehead atoms. The third-order valence-corrected chi connectivity index (χ3v) is 6.34. The van der Waals surface area contributed by atoms with Gasteiger partial charge in [-0.3, -0.25) is 34.3 Å². The number of imide groups is 2. The molecule has 0 aromatic heterocycles. The van der Waals surface area contributed by atoms with Gasteiger partial charge in [0.1, 0.15) is 6.04 Å². The van der Waals surface area contributed by atoms with Crippen LogP contribution >= 0.6 is 0 Å². The minimum atomic E-state index is -0.966. The quantitative estimate of drug-likeness (QED) is 0.531. The number of likely N-dealkylation sites (N-methyl/N-ethyl adjacent to an activating group) is 1. The summed E-state index contributed by atoms with van der Waals surface area (Å²) in [5.74, 6) is -2.00. The van der Waals surface area contributed by atoms with Crippen LogP contribution in [0.3, 0.4) is 0 Å². The van der Waals surface area contributed by atoms with Crippen LogP contribution in [-0.2, 0) is 14.3 Å². The molecule has 10 nitrogen and oxygen atoms in total. The summed E-state index contributed by atoms with van der Waals surface area (Å²) in [7, 11) is 4.13. The summed E-state index contributed by atoms with van der Waals surface area (Å²) in [6.07, 6.45) is 1.10. The molecule has 3 aliphatic heterocycles. The number of anilines is 1. The number of piperidine rings is 1. The summed E-state index contributed by atoms with van der Waals surface area (Å²) in [6.45, 7) is 5.08. The first-order chi connectivity index (χ1) is 15.8. The van der Waals surface area contributed by atoms with Gasteiger partial charge >= 0.3 is 0 Å². The van der Waals surface area contributed by atoms with E-state index in [0.29, 0.717) is 18.8 Å². The molecule has 178 valence electrons. The zero-order chi connectivity index (χ0) is 23.5. The highest BCUT2D eigenvalue weighted by atomic mass is 16.5. The van der Waals surface area contributed by atoms with E-state index in [4.69, 9.17) is 4.74 Å². The number of nitrogens with zero attached hydrogens (tertiary/aromatic N) is 3. The molecule has 0 aliphatic carbocycles. The number of morpholine rings is 1. The van der Waals surface area contributed by atoms with Crippen LogP contribution < -0.4 is 10.6 Å². The fourth-order valence-corrected chi connectivity index (χ4v) is 4.53. The number of carbonyl (C=O) groups excluding carboxylic acids is 4. The highest BCUT2D eigenvalue weighted by molar-refractivity contribution is 6.25. The SMILES string of the molecule is CN(C)CCN1CCO[C@H](CCNc2cccc3c2C(=O)N(C2CCC(=O)NC2=O)C3=O)C1. The minimum Gasteiger partial charge on any atom is -0.384 e. The molecule has 4 amide bonds. The fraction of sp³-hybridized carbons (Fsp3) is 0.565. The van der Waals surface area contributed by atoms with Crippen LogP contribution in [0.5, 0.6) is 0 Å². The highest BCUT2D eigenvalue weighted by Crippen LogP contribution is 2.32. The van der Waals surface area contributed by atoms with Crippen LogP contribution in [0.2, 0.25) is 0 Å². The Morgan fingerprint density at radius 3 is 2.76 bits per heavy atom. The van der Waals surface area contributed by atoms with Crippen molar-refractivity contribution < 1.29 is 23.9 Å². The summed E-state index contributed by atoms with van der Waals surface area (Å²) < 4.78 is 5.90. The maximum absolute atomic E-state index is 13.2. The lowest BCUT2D eigenvalue weighted by atomic mass is 10.0. The van der Waals surface area contributed by atoms with Crippen molar-refractivity contribution in [2.45, 2.75) is 31.4 Å². The van der Waals surface area contributed by atoms with Gasteiger partial charge in [-0.2, -0.15) is 0 Å². The lowest BCUT2D eigenvalue weighted by molar-refractivity contribution is -0.136. The summed E-state index contributed by atoms with van der Waals surface area (Å²) in [6, 6.07) is 4.12. The van der Waals surface area contributed by atoms with E-state index in [0.717, 1.165) is 37.5 Å². The molecule has 3 heterocycles. The zero-order valence-electron chi connectivity index (χ0n) is 19.1. The molecule has 4 rings (SSSR count). The van der Waals surface area contributed by atoms with E-state index in [1.165, 1.54) is 0 Å². The Bertz CT molecular complexity index is 949. The van der Waals surface area contributed by atoms with Crippen molar-refractivity contribution in [1.82, 2.24) is 20.0 Å². The number of rotatable bonds is 8. The van der Waals surface area contributed by atoms with Gasteiger partial charge in [0.2, 0.25) is 11.8 Å². The van der Waals surface area contributed by atoms with Crippen LogP contribution in [0.15, 0.2) is 18.2 Å². The number of nitrogens with one attached hydrogen (secondary N) is 2. The van der Waals surface area contributed by atoms with Gasteiger partial charge in [0.05, 0.1) is 23.8 Å². The van der Waals surface area contributed by atoms with Crippen molar-refractivity contribution in [3.05, 3.63) is 29.3 Å². The smallest absolute Gasteiger partial charge is 0.264 e.